The van der Waals surface area contributed by atoms with Gasteiger partial charge in [0.2, 0.25) is 0 Å². The monoisotopic (exact) mass is 353 g/mol. The molecule has 1 fully saturated rings. The summed E-state index contributed by atoms with van der Waals surface area (Å²) < 4.78 is 7.34. The summed E-state index contributed by atoms with van der Waals surface area (Å²) in [6.45, 7) is 1.05. The van der Waals surface area contributed by atoms with Crippen molar-refractivity contribution in [3.05, 3.63) is 45.3 Å². The molecule has 2 aromatic rings. The van der Waals surface area contributed by atoms with Crippen LogP contribution in [0.1, 0.15) is 47.8 Å². The van der Waals surface area contributed by atoms with E-state index in [-0.39, 0.29) is 17.6 Å². The Hall–Kier alpha value is -2.28. The number of nitrogens with one attached hydrogen (secondary N) is 1. The van der Waals surface area contributed by atoms with Gasteiger partial charge < -0.3 is 10.1 Å². The molecule has 136 valence electrons. The maximum Gasteiger partial charge on any atom is 0.267 e. The Labute approximate surface area is 151 Å². The predicted octanol–water partition coefficient (Wildman–Crippen LogP) is 1.45. The van der Waals surface area contributed by atoms with Gasteiger partial charge in [0.05, 0.1) is 24.9 Å². The Kier molecular flexibility index (Phi) is 3.96. The zero-order valence-corrected chi connectivity index (χ0v) is 14.8. The molecule has 7 heteroatoms. The lowest BCUT2D eigenvalue weighted by Gasteiger charge is -2.24. The molecule has 0 amide bonds. The van der Waals surface area contributed by atoms with Crippen LogP contribution in [0.15, 0.2) is 17.2 Å². The molecular weight excluding hydrogens is 330 g/mol. The van der Waals surface area contributed by atoms with Crippen molar-refractivity contribution in [2.45, 2.75) is 57.0 Å². The van der Waals surface area contributed by atoms with Gasteiger partial charge in [-0.05, 0) is 50.5 Å². The van der Waals surface area contributed by atoms with Gasteiger partial charge in [-0.3, -0.25) is 4.79 Å². The predicted molar refractivity (Wildman–Crippen MR) is 96.5 cm³/mol. The second kappa shape index (κ2) is 6.46. The smallest absolute Gasteiger partial charge is 0.267 e. The third kappa shape index (κ3) is 2.70. The largest absolute Gasteiger partial charge is 0.377 e. The van der Waals surface area contributed by atoms with Gasteiger partial charge in [-0.1, -0.05) is 0 Å². The molecule has 0 saturated carbocycles. The minimum Gasteiger partial charge on any atom is -0.377 e. The zero-order chi connectivity index (χ0) is 17.5. The molecule has 7 nitrogen and oxygen atoms in total. The van der Waals surface area contributed by atoms with Crippen molar-refractivity contribution in [3.63, 3.8) is 0 Å². The van der Waals surface area contributed by atoms with Crippen molar-refractivity contribution in [2.75, 3.05) is 18.5 Å². The van der Waals surface area contributed by atoms with E-state index in [1.54, 1.807) is 17.1 Å². The molecule has 1 aliphatic heterocycles. The van der Waals surface area contributed by atoms with Gasteiger partial charge in [0.15, 0.2) is 0 Å². The van der Waals surface area contributed by atoms with Gasteiger partial charge in [0.1, 0.15) is 18.2 Å². The van der Waals surface area contributed by atoms with E-state index in [9.17, 15) is 4.79 Å². The topological polar surface area (TPSA) is 81.9 Å². The standard InChI is InChI=1S/C19H23N5O2/c25-18-8-12-4-3-7-14(12)23-24(18)17-10-26-9-16(17)22-19-13-5-1-2-6-15(13)20-11-21-19/h8,11,16-17H,1-7,9-10H2,(H,20,21,22). The summed E-state index contributed by atoms with van der Waals surface area (Å²) in [4.78, 5) is 21.5. The number of hydrogen-bond acceptors (Lipinski definition) is 6. The highest BCUT2D eigenvalue weighted by Crippen LogP contribution is 2.28. The molecule has 0 spiro atoms. The fraction of sp³-hybridized carbons (Fsp3) is 0.579. The van der Waals surface area contributed by atoms with E-state index in [2.05, 4.69) is 20.4 Å². The van der Waals surface area contributed by atoms with Crippen LogP contribution in [0.4, 0.5) is 5.82 Å². The van der Waals surface area contributed by atoms with Gasteiger partial charge in [0.25, 0.3) is 5.56 Å². The lowest BCUT2D eigenvalue weighted by atomic mass is 9.96. The van der Waals surface area contributed by atoms with Gasteiger partial charge in [-0.25, -0.2) is 14.6 Å². The number of fused-ring (bicyclic) bond motifs is 2. The molecule has 2 unspecified atom stereocenters. The maximum absolute atomic E-state index is 12.6. The molecule has 0 radical (unpaired) electrons. The molecule has 2 aliphatic carbocycles. The van der Waals surface area contributed by atoms with Crippen LogP contribution < -0.4 is 10.9 Å². The molecule has 5 rings (SSSR count). The minimum absolute atomic E-state index is 0.0134. The summed E-state index contributed by atoms with van der Waals surface area (Å²) in [6, 6.07) is 1.64. The van der Waals surface area contributed by atoms with Crippen LogP contribution in [0.2, 0.25) is 0 Å². The van der Waals surface area contributed by atoms with E-state index < -0.39 is 0 Å². The summed E-state index contributed by atoms with van der Waals surface area (Å²) >= 11 is 0. The summed E-state index contributed by atoms with van der Waals surface area (Å²) in [7, 11) is 0. The molecule has 3 aliphatic rings. The highest BCUT2D eigenvalue weighted by Gasteiger charge is 2.33. The van der Waals surface area contributed by atoms with Gasteiger partial charge in [-0.2, -0.15) is 5.10 Å². The Balaban J connectivity index is 1.45. The van der Waals surface area contributed by atoms with Gasteiger partial charge >= 0.3 is 0 Å². The number of nitrogens with zero attached hydrogens (tertiary/aromatic N) is 4. The summed E-state index contributed by atoms with van der Waals surface area (Å²) in [5, 5.41) is 8.20. The Morgan fingerprint density at radius 1 is 1.04 bits per heavy atom. The van der Waals surface area contributed by atoms with E-state index >= 15 is 0 Å². The van der Waals surface area contributed by atoms with Gasteiger partial charge in [-0.15, -0.1) is 0 Å². The Bertz CT molecular complexity index is 894. The average Bonchev–Trinajstić information content (AvgIpc) is 3.30. The SMILES string of the molecule is O=c1cc2c(nn1C1COCC1Nc1ncnc3c1CCCC3)CCC2. The summed E-state index contributed by atoms with van der Waals surface area (Å²) in [5.41, 5.74) is 4.52. The number of ether oxygens (including phenoxy) is 1. The van der Waals surface area contributed by atoms with Crippen molar-refractivity contribution in [1.29, 1.82) is 0 Å². The fourth-order valence-corrected chi connectivity index (χ4v) is 4.40. The van der Waals surface area contributed by atoms with Gasteiger partial charge in [0, 0.05) is 17.3 Å². The first-order valence-corrected chi connectivity index (χ1v) is 9.58. The van der Waals surface area contributed by atoms with Crippen molar-refractivity contribution < 1.29 is 4.74 Å². The molecule has 26 heavy (non-hydrogen) atoms. The number of anilines is 1. The van der Waals surface area contributed by atoms with Crippen LogP contribution in [-0.4, -0.2) is 39.0 Å². The first-order chi connectivity index (χ1) is 12.8. The van der Waals surface area contributed by atoms with Crippen molar-refractivity contribution in [3.8, 4) is 0 Å². The van der Waals surface area contributed by atoms with Crippen molar-refractivity contribution >= 4 is 5.82 Å². The first kappa shape index (κ1) is 15.9. The quantitative estimate of drug-likeness (QED) is 0.899. The minimum atomic E-state index is -0.109. The third-order valence-corrected chi connectivity index (χ3v) is 5.79. The normalized spacial score (nSPS) is 24.3. The first-order valence-electron chi connectivity index (χ1n) is 9.58. The molecule has 0 aromatic carbocycles. The number of rotatable bonds is 3. The van der Waals surface area contributed by atoms with Crippen molar-refractivity contribution in [2.24, 2.45) is 0 Å². The molecule has 0 bridgehead atoms. The van der Waals surface area contributed by atoms with E-state index in [1.165, 1.54) is 18.4 Å². The number of aryl methyl sites for hydroxylation is 3. The van der Waals surface area contributed by atoms with Crippen LogP contribution in [0.25, 0.3) is 0 Å². The summed E-state index contributed by atoms with van der Waals surface area (Å²) in [6.07, 6.45) is 9.03. The average molecular weight is 353 g/mol. The number of aromatic nitrogens is 4. The molecule has 1 saturated heterocycles. The Morgan fingerprint density at radius 3 is 2.88 bits per heavy atom. The van der Waals surface area contributed by atoms with E-state index in [0.717, 1.165) is 54.9 Å². The third-order valence-electron chi connectivity index (χ3n) is 5.79. The summed E-state index contributed by atoms with van der Waals surface area (Å²) in [5.74, 6) is 0.893. The molecule has 1 N–H and O–H groups in total. The van der Waals surface area contributed by atoms with Crippen LogP contribution in [0.3, 0.4) is 0 Å². The lowest BCUT2D eigenvalue weighted by Crippen LogP contribution is -2.38. The lowest BCUT2D eigenvalue weighted by molar-refractivity contribution is 0.182. The van der Waals surface area contributed by atoms with Crippen LogP contribution >= 0.6 is 0 Å². The highest BCUT2D eigenvalue weighted by molar-refractivity contribution is 5.48. The van der Waals surface area contributed by atoms with E-state index in [4.69, 9.17) is 4.74 Å². The van der Waals surface area contributed by atoms with Crippen LogP contribution in [0, 0.1) is 0 Å². The molecular formula is C19H23N5O2. The fourth-order valence-electron chi connectivity index (χ4n) is 4.40. The van der Waals surface area contributed by atoms with E-state index in [1.807, 2.05) is 0 Å². The Morgan fingerprint density at radius 2 is 1.92 bits per heavy atom. The highest BCUT2D eigenvalue weighted by atomic mass is 16.5. The maximum atomic E-state index is 12.6. The number of hydrogen-bond donors (Lipinski definition) is 1. The molecule has 3 heterocycles. The molecule has 2 atom stereocenters. The van der Waals surface area contributed by atoms with Crippen molar-refractivity contribution in [1.82, 2.24) is 19.7 Å². The molecule has 2 aromatic heterocycles. The second-order valence-corrected chi connectivity index (χ2v) is 7.46. The van der Waals surface area contributed by atoms with Crippen LogP contribution in [0.5, 0.6) is 0 Å². The van der Waals surface area contributed by atoms with E-state index in [0.29, 0.717) is 13.2 Å². The second-order valence-electron chi connectivity index (χ2n) is 7.46. The zero-order valence-electron chi connectivity index (χ0n) is 14.8. The van der Waals surface area contributed by atoms with Crippen LogP contribution in [-0.2, 0) is 30.4 Å².